The molecule has 19 heavy (non-hydrogen) atoms. The summed E-state index contributed by atoms with van der Waals surface area (Å²) in [6, 6.07) is 4.63. The largest absolute Gasteiger partial charge is 0.351 e. The van der Waals surface area contributed by atoms with Gasteiger partial charge in [-0.3, -0.25) is 4.79 Å². The van der Waals surface area contributed by atoms with Crippen LogP contribution >= 0.6 is 0 Å². The van der Waals surface area contributed by atoms with Crippen LogP contribution in [0.15, 0.2) is 18.2 Å². The summed E-state index contributed by atoms with van der Waals surface area (Å²) in [5.41, 5.74) is 1.40. The van der Waals surface area contributed by atoms with Gasteiger partial charge in [-0.25, -0.2) is 9.37 Å². The van der Waals surface area contributed by atoms with Crippen LogP contribution in [0.5, 0.6) is 0 Å². The van der Waals surface area contributed by atoms with Gasteiger partial charge in [0.2, 0.25) is 11.9 Å². The monoisotopic (exact) mass is 262 g/mol. The highest BCUT2D eigenvalue weighted by Crippen LogP contribution is 2.18. The molecule has 1 aliphatic rings. The lowest BCUT2D eigenvalue weighted by molar-refractivity contribution is -0.132. The normalized spacial score (nSPS) is 20.0. The summed E-state index contributed by atoms with van der Waals surface area (Å²) in [6.07, 6.45) is 1.33. The molecule has 3 rings (SSSR count). The molecule has 1 fully saturated rings. The third-order valence-corrected chi connectivity index (χ3v) is 3.41. The van der Waals surface area contributed by atoms with Gasteiger partial charge in [0.05, 0.1) is 11.0 Å². The minimum atomic E-state index is -0.286. The predicted molar refractivity (Wildman–Crippen MR) is 70.3 cm³/mol. The van der Waals surface area contributed by atoms with Crippen molar-refractivity contribution in [1.29, 1.82) is 0 Å². The van der Waals surface area contributed by atoms with Gasteiger partial charge in [0.25, 0.3) is 0 Å². The van der Waals surface area contributed by atoms with Gasteiger partial charge in [0.15, 0.2) is 0 Å². The van der Waals surface area contributed by atoms with Crippen LogP contribution < -0.4 is 5.32 Å². The minimum absolute atomic E-state index is 0.171. The Balaban J connectivity index is 1.76. The van der Waals surface area contributed by atoms with E-state index in [4.69, 9.17) is 0 Å². The predicted octanol–water partition coefficient (Wildman–Crippen LogP) is 1.73. The number of anilines is 1. The fraction of sp³-hybridized carbons (Fsp3) is 0.385. The van der Waals surface area contributed by atoms with Crippen molar-refractivity contribution in [2.45, 2.75) is 18.9 Å². The average molecular weight is 262 g/mol. The first-order chi connectivity index (χ1) is 9.11. The maximum absolute atomic E-state index is 13.1. The fourth-order valence-corrected chi connectivity index (χ4v) is 2.37. The number of hydrogen-bond donors (Lipinski definition) is 2. The van der Waals surface area contributed by atoms with Crippen molar-refractivity contribution in [1.82, 2.24) is 14.9 Å². The van der Waals surface area contributed by atoms with Crippen LogP contribution in [-0.4, -0.2) is 40.4 Å². The van der Waals surface area contributed by atoms with Crippen LogP contribution in [0, 0.1) is 5.82 Å². The number of likely N-dealkylation sites (N-methyl/N-ethyl adjacent to an activating group) is 1. The quantitative estimate of drug-likeness (QED) is 0.866. The Morgan fingerprint density at radius 1 is 1.53 bits per heavy atom. The maximum atomic E-state index is 13.1. The van der Waals surface area contributed by atoms with E-state index in [2.05, 4.69) is 15.3 Å². The summed E-state index contributed by atoms with van der Waals surface area (Å²) < 4.78 is 13.1. The molecule has 2 aromatic rings. The van der Waals surface area contributed by atoms with E-state index >= 15 is 0 Å². The highest BCUT2D eigenvalue weighted by Gasteiger charge is 2.23. The van der Waals surface area contributed by atoms with Gasteiger partial charge in [-0.2, -0.15) is 0 Å². The highest BCUT2D eigenvalue weighted by molar-refractivity contribution is 5.78. The number of fused-ring (bicyclic) bond motifs is 1. The molecule has 0 bridgehead atoms. The fourth-order valence-electron chi connectivity index (χ4n) is 2.37. The number of hydrogen-bond acceptors (Lipinski definition) is 3. The molecular weight excluding hydrogens is 247 g/mol. The Bertz CT molecular complexity index is 624. The van der Waals surface area contributed by atoms with Crippen molar-refractivity contribution >= 4 is 22.9 Å². The molecule has 0 spiro atoms. The van der Waals surface area contributed by atoms with Crippen LogP contribution in [0.25, 0.3) is 11.0 Å². The molecular formula is C13H15FN4O. The third-order valence-electron chi connectivity index (χ3n) is 3.41. The summed E-state index contributed by atoms with van der Waals surface area (Å²) in [6.45, 7) is 0.657. The number of rotatable bonds is 2. The Hall–Kier alpha value is -2.11. The molecule has 0 aliphatic carbocycles. The van der Waals surface area contributed by atoms with E-state index < -0.39 is 0 Å². The lowest BCUT2D eigenvalue weighted by atomic mass is 10.1. The molecule has 1 saturated heterocycles. The van der Waals surface area contributed by atoms with E-state index in [1.807, 2.05) is 0 Å². The second-order valence-electron chi connectivity index (χ2n) is 4.90. The molecule has 1 atom stereocenters. The van der Waals surface area contributed by atoms with Crippen molar-refractivity contribution in [2.75, 3.05) is 18.9 Å². The number of piperidine rings is 1. The van der Waals surface area contributed by atoms with Gasteiger partial charge in [-0.1, -0.05) is 0 Å². The summed E-state index contributed by atoms with van der Waals surface area (Å²) >= 11 is 0. The number of aromatic amines is 1. The molecule has 1 amide bonds. The lowest BCUT2D eigenvalue weighted by Gasteiger charge is -2.29. The number of carbonyl (C=O) groups is 1. The van der Waals surface area contributed by atoms with Gasteiger partial charge in [0.1, 0.15) is 5.82 Å². The zero-order chi connectivity index (χ0) is 13.4. The number of likely N-dealkylation sites (tertiary alicyclic amines) is 1. The number of amides is 1. The SMILES string of the molecule is CN1CC(Nc2nc3ccc(F)cc3[nH]2)CCC1=O. The maximum Gasteiger partial charge on any atom is 0.222 e. The van der Waals surface area contributed by atoms with Gasteiger partial charge in [-0.15, -0.1) is 0 Å². The molecule has 2 N–H and O–H groups in total. The average Bonchev–Trinajstić information content (AvgIpc) is 2.75. The molecule has 1 aromatic heterocycles. The number of nitrogens with zero attached hydrogens (tertiary/aromatic N) is 2. The summed E-state index contributed by atoms with van der Waals surface area (Å²) in [7, 11) is 1.80. The van der Waals surface area contributed by atoms with Gasteiger partial charge in [-0.05, 0) is 24.6 Å². The second-order valence-corrected chi connectivity index (χ2v) is 4.90. The number of nitrogens with one attached hydrogen (secondary N) is 2. The van der Waals surface area contributed by atoms with E-state index in [1.54, 1.807) is 18.0 Å². The summed E-state index contributed by atoms with van der Waals surface area (Å²) in [5.74, 6) is 0.503. The van der Waals surface area contributed by atoms with Crippen LogP contribution in [-0.2, 0) is 4.79 Å². The zero-order valence-corrected chi connectivity index (χ0v) is 10.6. The number of aromatic nitrogens is 2. The minimum Gasteiger partial charge on any atom is -0.351 e. The van der Waals surface area contributed by atoms with Crippen molar-refractivity contribution in [3.05, 3.63) is 24.0 Å². The number of halogens is 1. The Morgan fingerprint density at radius 3 is 3.16 bits per heavy atom. The first kappa shape index (κ1) is 12.0. The summed E-state index contributed by atoms with van der Waals surface area (Å²) in [4.78, 5) is 20.5. The molecule has 0 radical (unpaired) electrons. The Labute approximate surface area is 109 Å². The van der Waals surface area contributed by atoms with E-state index in [9.17, 15) is 9.18 Å². The molecule has 0 saturated carbocycles. The van der Waals surface area contributed by atoms with E-state index in [-0.39, 0.29) is 17.8 Å². The molecule has 6 heteroatoms. The molecule has 1 aliphatic heterocycles. The first-order valence-corrected chi connectivity index (χ1v) is 6.27. The molecule has 1 unspecified atom stereocenters. The van der Waals surface area contributed by atoms with Crippen molar-refractivity contribution in [3.63, 3.8) is 0 Å². The zero-order valence-electron chi connectivity index (χ0n) is 10.6. The van der Waals surface area contributed by atoms with Gasteiger partial charge >= 0.3 is 0 Å². The first-order valence-electron chi connectivity index (χ1n) is 6.27. The number of imidazole rings is 1. The van der Waals surface area contributed by atoms with Crippen LogP contribution in [0.2, 0.25) is 0 Å². The van der Waals surface area contributed by atoms with Crippen molar-refractivity contribution in [3.8, 4) is 0 Å². The van der Waals surface area contributed by atoms with Gasteiger partial charge in [0, 0.05) is 26.1 Å². The number of carbonyl (C=O) groups excluding carboxylic acids is 1. The number of H-pyrrole nitrogens is 1. The van der Waals surface area contributed by atoms with E-state index in [0.29, 0.717) is 24.4 Å². The van der Waals surface area contributed by atoms with Crippen molar-refractivity contribution < 1.29 is 9.18 Å². The topological polar surface area (TPSA) is 61.0 Å². The van der Waals surface area contributed by atoms with E-state index in [0.717, 1.165) is 11.9 Å². The van der Waals surface area contributed by atoms with Gasteiger partial charge < -0.3 is 15.2 Å². The third kappa shape index (κ3) is 2.38. The molecule has 5 nitrogen and oxygen atoms in total. The van der Waals surface area contributed by atoms with Crippen LogP contribution in [0.4, 0.5) is 10.3 Å². The second kappa shape index (κ2) is 4.53. The Morgan fingerprint density at radius 2 is 2.37 bits per heavy atom. The van der Waals surface area contributed by atoms with Crippen LogP contribution in [0.3, 0.4) is 0 Å². The van der Waals surface area contributed by atoms with Crippen molar-refractivity contribution in [2.24, 2.45) is 0 Å². The summed E-state index contributed by atoms with van der Waals surface area (Å²) in [5, 5.41) is 3.26. The molecule has 100 valence electrons. The highest BCUT2D eigenvalue weighted by atomic mass is 19.1. The lowest BCUT2D eigenvalue weighted by Crippen LogP contribution is -2.43. The molecule has 1 aromatic carbocycles. The van der Waals surface area contributed by atoms with E-state index in [1.165, 1.54) is 12.1 Å². The molecule has 2 heterocycles. The number of benzene rings is 1. The van der Waals surface area contributed by atoms with Crippen LogP contribution in [0.1, 0.15) is 12.8 Å². The standard InChI is InChI=1S/C13H15FN4O/c1-18-7-9(3-5-12(18)19)15-13-16-10-4-2-8(14)6-11(10)17-13/h2,4,6,9H,3,5,7H2,1H3,(H2,15,16,17). The smallest absolute Gasteiger partial charge is 0.222 e. The Kier molecular flexibility index (Phi) is 2.85.